The summed E-state index contributed by atoms with van der Waals surface area (Å²) in [6.45, 7) is 8.83. The third-order valence-electron chi connectivity index (χ3n) is 7.31. The maximum atomic E-state index is 14.2. The minimum absolute atomic E-state index is 0.0128. The highest BCUT2D eigenvalue weighted by atomic mass is 32.2. The Balaban J connectivity index is 2.13. The Morgan fingerprint density at radius 3 is 2.19 bits per heavy atom. The Morgan fingerprint density at radius 1 is 0.929 bits per heavy atom. The number of amides is 2. The molecule has 0 fully saturated rings. The van der Waals surface area contributed by atoms with Crippen LogP contribution in [0.2, 0.25) is 0 Å². The van der Waals surface area contributed by atoms with Crippen molar-refractivity contribution in [2.24, 2.45) is 0 Å². The zero-order valence-corrected chi connectivity index (χ0v) is 26.2. The first-order valence-electron chi connectivity index (χ1n) is 13.9. The molecular formula is C32H41N3O6S. The number of hydrogen-bond acceptors (Lipinski definition) is 6. The fraction of sp³-hybridized carbons (Fsp3) is 0.375. The quantitative estimate of drug-likeness (QED) is 0.303. The van der Waals surface area contributed by atoms with Crippen LogP contribution in [-0.4, -0.2) is 58.0 Å². The highest BCUT2D eigenvalue weighted by Crippen LogP contribution is 2.36. The van der Waals surface area contributed by atoms with E-state index in [9.17, 15) is 18.0 Å². The van der Waals surface area contributed by atoms with Crippen molar-refractivity contribution in [1.82, 2.24) is 10.2 Å². The van der Waals surface area contributed by atoms with Crippen LogP contribution in [0.4, 0.5) is 5.69 Å². The number of nitrogens with zero attached hydrogens (tertiary/aromatic N) is 2. The minimum atomic E-state index is -4.26. The molecule has 3 rings (SSSR count). The van der Waals surface area contributed by atoms with Crippen molar-refractivity contribution in [2.45, 2.75) is 64.6 Å². The number of rotatable bonds is 13. The van der Waals surface area contributed by atoms with Gasteiger partial charge in [0.1, 0.15) is 24.1 Å². The van der Waals surface area contributed by atoms with Crippen molar-refractivity contribution in [3.05, 3.63) is 83.4 Å². The summed E-state index contributed by atoms with van der Waals surface area (Å²) in [5, 5.41) is 2.94. The second-order valence-electron chi connectivity index (χ2n) is 10.3. The van der Waals surface area contributed by atoms with Gasteiger partial charge in [-0.25, -0.2) is 8.42 Å². The van der Waals surface area contributed by atoms with Crippen LogP contribution in [0.15, 0.2) is 71.6 Å². The van der Waals surface area contributed by atoms with Gasteiger partial charge in [0.25, 0.3) is 10.0 Å². The van der Waals surface area contributed by atoms with Crippen LogP contribution < -0.4 is 19.1 Å². The molecular weight excluding hydrogens is 554 g/mol. The van der Waals surface area contributed by atoms with Crippen molar-refractivity contribution >= 4 is 27.5 Å². The van der Waals surface area contributed by atoms with Gasteiger partial charge in [-0.05, 0) is 69.5 Å². The summed E-state index contributed by atoms with van der Waals surface area (Å²) in [5.74, 6) is -0.239. The first-order valence-corrected chi connectivity index (χ1v) is 15.3. The molecule has 0 spiro atoms. The van der Waals surface area contributed by atoms with E-state index in [0.29, 0.717) is 5.75 Å². The number of carbonyl (C=O) groups excluding carboxylic acids is 2. The van der Waals surface area contributed by atoms with Gasteiger partial charge in [-0.3, -0.25) is 13.9 Å². The Kier molecular flexibility index (Phi) is 11.0. The smallest absolute Gasteiger partial charge is 0.264 e. The lowest BCUT2D eigenvalue weighted by molar-refractivity contribution is -0.139. The molecule has 226 valence electrons. The molecule has 0 saturated carbocycles. The highest BCUT2D eigenvalue weighted by Gasteiger charge is 2.34. The molecule has 2 atom stereocenters. The van der Waals surface area contributed by atoms with Gasteiger partial charge in [0.2, 0.25) is 11.8 Å². The lowest BCUT2D eigenvalue weighted by atomic mass is 10.1. The van der Waals surface area contributed by atoms with Gasteiger partial charge in [-0.2, -0.15) is 0 Å². The van der Waals surface area contributed by atoms with Crippen LogP contribution >= 0.6 is 0 Å². The van der Waals surface area contributed by atoms with Crippen LogP contribution in [0, 0.1) is 13.8 Å². The van der Waals surface area contributed by atoms with Crippen molar-refractivity contribution in [2.75, 3.05) is 25.1 Å². The highest BCUT2D eigenvalue weighted by molar-refractivity contribution is 7.92. The number of hydrogen-bond donors (Lipinski definition) is 1. The molecule has 3 aromatic rings. The van der Waals surface area contributed by atoms with Gasteiger partial charge < -0.3 is 19.7 Å². The number of carbonyl (C=O) groups is 2. The molecule has 1 N–H and O–H groups in total. The van der Waals surface area contributed by atoms with Gasteiger partial charge in [-0.1, -0.05) is 48.9 Å². The topological polar surface area (TPSA) is 105 Å². The third-order valence-corrected chi connectivity index (χ3v) is 9.09. The number of aryl methyl sites for hydroxylation is 2. The first kappa shape index (κ1) is 32.5. The molecule has 0 aliphatic carbocycles. The third kappa shape index (κ3) is 7.61. The summed E-state index contributed by atoms with van der Waals surface area (Å²) in [6, 6.07) is 17.8. The van der Waals surface area contributed by atoms with Gasteiger partial charge in [0.05, 0.1) is 24.8 Å². The Bertz CT molecular complexity index is 1490. The summed E-state index contributed by atoms with van der Waals surface area (Å²) in [6.07, 6.45) is 0.725. The van der Waals surface area contributed by atoms with E-state index in [1.165, 1.54) is 37.3 Å². The predicted octanol–water partition coefficient (Wildman–Crippen LogP) is 4.85. The van der Waals surface area contributed by atoms with Crippen molar-refractivity contribution in [3.8, 4) is 11.5 Å². The molecule has 0 aromatic heterocycles. The summed E-state index contributed by atoms with van der Waals surface area (Å²) in [5.41, 5.74) is 2.82. The lowest BCUT2D eigenvalue weighted by Gasteiger charge is -2.33. The second kappa shape index (κ2) is 14.2. The van der Waals surface area contributed by atoms with E-state index in [-0.39, 0.29) is 34.8 Å². The fourth-order valence-corrected chi connectivity index (χ4v) is 5.78. The fourth-order valence-electron chi connectivity index (χ4n) is 4.36. The normalized spacial score (nSPS) is 12.6. The van der Waals surface area contributed by atoms with Crippen LogP contribution in [0.1, 0.15) is 43.9 Å². The predicted molar refractivity (Wildman–Crippen MR) is 164 cm³/mol. The molecule has 0 radical (unpaired) electrons. The molecule has 0 aliphatic rings. The van der Waals surface area contributed by atoms with Crippen molar-refractivity contribution < 1.29 is 27.5 Å². The Hall–Kier alpha value is -4.05. The molecule has 2 amide bonds. The van der Waals surface area contributed by atoms with Crippen LogP contribution in [0.5, 0.6) is 11.5 Å². The number of benzene rings is 3. The zero-order chi connectivity index (χ0) is 31.0. The standard InChI is InChI=1S/C32H41N3O6S/c1-8-24(4)33-32(37)25(5)34(20-26-12-10-9-11-23(26)3)31(36)21-35(29-19-27(40-6)15-18-30(29)41-7)42(38,39)28-16-13-22(2)14-17-28/h9-19,24-25H,8,20-21H2,1-7H3,(H,33,37)/t24-,25-/m1/s1. The summed E-state index contributed by atoms with van der Waals surface area (Å²) < 4.78 is 40.2. The number of ether oxygens (including phenoxy) is 2. The Morgan fingerprint density at radius 2 is 1.60 bits per heavy atom. The maximum Gasteiger partial charge on any atom is 0.264 e. The van der Waals surface area contributed by atoms with Gasteiger partial charge >= 0.3 is 0 Å². The summed E-state index contributed by atoms with van der Waals surface area (Å²) >= 11 is 0. The van der Waals surface area contributed by atoms with E-state index in [2.05, 4.69) is 5.32 Å². The van der Waals surface area contributed by atoms with E-state index < -0.39 is 28.5 Å². The molecule has 10 heteroatoms. The minimum Gasteiger partial charge on any atom is -0.497 e. The monoisotopic (exact) mass is 595 g/mol. The molecule has 0 aliphatic heterocycles. The lowest BCUT2D eigenvalue weighted by Crippen LogP contribution is -2.52. The summed E-state index contributed by atoms with van der Waals surface area (Å²) in [7, 11) is -1.36. The van der Waals surface area contributed by atoms with Crippen molar-refractivity contribution in [3.63, 3.8) is 0 Å². The van der Waals surface area contributed by atoms with Gasteiger partial charge in [0, 0.05) is 18.7 Å². The van der Waals surface area contributed by atoms with Gasteiger partial charge in [0.15, 0.2) is 0 Å². The number of sulfonamides is 1. The van der Waals surface area contributed by atoms with E-state index in [0.717, 1.165) is 27.4 Å². The molecule has 0 unspecified atom stereocenters. The average molecular weight is 596 g/mol. The molecule has 0 bridgehead atoms. The van der Waals surface area contributed by atoms with Crippen molar-refractivity contribution in [1.29, 1.82) is 0 Å². The zero-order valence-electron chi connectivity index (χ0n) is 25.4. The van der Waals surface area contributed by atoms with E-state index in [4.69, 9.17) is 9.47 Å². The molecule has 3 aromatic carbocycles. The summed E-state index contributed by atoms with van der Waals surface area (Å²) in [4.78, 5) is 28.9. The maximum absolute atomic E-state index is 14.2. The van der Waals surface area contributed by atoms with Crippen LogP contribution in [0.25, 0.3) is 0 Å². The van der Waals surface area contributed by atoms with Crippen LogP contribution in [-0.2, 0) is 26.2 Å². The van der Waals surface area contributed by atoms with E-state index >= 15 is 0 Å². The Labute approximate surface area is 249 Å². The SMILES string of the molecule is CC[C@@H](C)NC(=O)[C@@H](C)N(Cc1ccccc1C)C(=O)CN(c1cc(OC)ccc1OC)S(=O)(=O)c1ccc(C)cc1. The average Bonchev–Trinajstić information content (AvgIpc) is 2.98. The van der Waals surface area contributed by atoms with Gasteiger partial charge in [-0.15, -0.1) is 0 Å². The molecule has 0 saturated heterocycles. The second-order valence-corrected chi connectivity index (χ2v) is 12.2. The molecule has 9 nitrogen and oxygen atoms in total. The van der Waals surface area contributed by atoms with Crippen LogP contribution in [0.3, 0.4) is 0 Å². The largest absolute Gasteiger partial charge is 0.497 e. The number of anilines is 1. The molecule has 42 heavy (non-hydrogen) atoms. The first-order chi connectivity index (χ1) is 19.9. The number of methoxy groups -OCH3 is 2. The van der Waals surface area contributed by atoms with E-state index in [1.807, 2.05) is 52.0 Å². The van der Waals surface area contributed by atoms with E-state index in [1.54, 1.807) is 31.2 Å². The molecule has 0 heterocycles. The number of nitrogens with one attached hydrogen (secondary N) is 1.